The number of amides is 1. The number of nitrogens with one attached hydrogen (secondary N) is 1. The molecule has 156 valence electrons. The van der Waals surface area contributed by atoms with Crippen LogP contribution in [0.4, 0.5) is 0 Å². The highest BCUT2D eigenvalue weighted by Crippen LogP contribution is 2.25. The lowest BCUT2D eigenvalue weighted by molar-refractivity contribution is 0.0943. The Labute approximate surface area is 185 Å². The standard InChI is InChI=1S/C25H22N2O3S/c1-29-22-11-7-19(8-12-22)24(18-5-3-2-4-6-18)27-25(28)20-9-13-23(14-10-20)30-15-21-16-31-17-26-21/h2-14,16-17,24H,15H2,1H3,(H,27,28). The number of methoxy groups -OCH3 is 1. The smallest absolute Gasteiger partial charge is 0.252 e. The van der Waals surface area contributed by atoms with Gasteiger partial charge in [-0.15, -0.1) is 11.3 Å². The lowest BCUT2D eigenvalue weighted by Crippen LogP contribution is -2.29. The molecule has 0 spiro atoms. The minimum absolute atomic E-state index is 0.157. The van der Waals surface area contributed by atoms with Crippen molar-refractivity contribution in [1.29, 1.82) is 0 Å². The molecule has 5 nitrogen and oxygen atoms in total. The zero-order valence-electron chi connectivity index (χ0n) is 17.0. The molecular formula is C25H22N2O3S. The summed E-state index contributed by atoms with van der Waals surface area (Å²) in [5, 5.41) is 5.10. The summed E-state index contributed by atoms with van der Waals surface area (Å²) in [4.78, 5) is 17.2. The third kappa shape index (κ3) is 5.29. The summed E-state index contributed by atoms with van der Waals surface area (Å²) in [7, 11) is 1.63. The molecule has 4 rings (SSSR count). The fourth-order valence-electron chi connectivity index (χ4n) is 3.18. The van der Waals surface area contributed by atoms with E-state index in [0.29, 0.717) is 17.9 Å². The highest BCUT2D eigenvalue weighted by molar-refractivity contribution is 7.07. The number of thiazole rings is 1. The minimum Gasteiger partial charge on any atom is -0.497 e. The van der Waals surface area contributed by atoms with E-state index in [1.54, 1.807) is 36.9 Å². The molecule has 0 aliphatic rings. The lowest BCUT2D eigenvalue weighted by atomic mass is 9.98. The quantitative estimate of drug-likeness (QED) is 0.415. The Kier molecular flexibility index (Phi) is 6.59. The first-order valence-electron chi connectivity index (χ1n) is 9.82. The van der Waals surface area contributed by atoms with Gasteiger partial charge in [0, 0.05) is 10.9 Å². The van der Waals surface area contributed by atoms with Gasteiger partial charge in [0.1, 0.15) is 18.1 Å². The van der Waals surface area contributed by atoms with Crippen LogP contribution in [0.1, 0.15) is 33.2 Å². The molecule has 0 aliphatic heterocycles. The van der Waals surface area contributed by atoms with Crippen molar-refractivity contribution >= 4 is 17.2 Å². The highest BCUT2D eigenvalue weighted by Gasteiger charge is 2.18. The largest absolute Gasteiger partial charge is 0.497 e. The second-order valence-corrected chi connectivity index (χ2v) is 7.60. The molecular weight excluding hydrogens is 408 g/mol. The van der Waals surface area contributed by atoms with Crippen LogP contribution >= 0.6 is 11.3 Å². The van der Waals surface area contributed by atoms with Gasteiger partial charge in [-0.3, -0.25) is 4.79 Å². The highest BCUT2D eigenvalue weighted by atomic mass is 32.1. The normalized spacial score (nSPS) is 11.5. The van der Waals surface area contributed by atoms with E-state index < -0.39 is 0 Å². The lowest BCUT2D eigenvalue weighted by Gasteiger charge is -2.20. The molecule has 1 unspecified atom stereocenters. The van der Waals surface area contributed by atoms with E-state index in [0.717, 1.165) is 22.6 Å². The predicted octanol–water partition coefficient (Wildman–Crippen LogP) is 5.25. The number of carbonyl (C=O) groups is 1. The maximum atomic E-state index is 13.0. The zero-order valence-corrected chi connectivity index (χ0v) is 17.8. The number of ether oxygens (including phenoxy) is 2. The number of hydrogen-bond acceptors (Lipinski definition) is 5. The number of hydrogen-bond donors (Lipinski definition) is 1. The van der Waals surface area contributed by atoms with Crippen LogP contribution in [0.15, 0.2) is 89.8 Å². The van der Waals surface area contributed by atoms with Crippen molar-refractivity contribution in [3.63, 3.8) is 0 Å². The Bertz CT molecular complexity index is 1100. The second-order valence-electron chi connectivity index (χ2n) is 6.88. The number of aromatic nitrogens is 1. The van der Waals surface area contributed by atoms with E-state index in [1.165, 1.54) is 11.3 Å². The Hall–Kier alpha value is -3.64. The van der Waals surface area contributed by atoms with E-state index in [1.807, 2.05) is 60.0 Å². The van der Waals surface area contributed by atoms with Crippen LogP contribution in [0.2, 0.25) is 0 Å². The summed E-state index contributed by atoms with van der Waals surface area (Å²) >= 11 is 1.53. The van der Waals surface area contributed by atoms with E-state index in [-0.39, 0.29) is 11.9 Å². The van der Waals surface area contributed by atoms with Crippen LogP contribution in [0, 0.1) is 0 Å². The van der Waals surface area contributed by atoms with Gasteiger partial charge in [0.05, 0.1) is 24.4 Å². The van der Waals surface area contributed by atoms with Gasteiger partial charge in [0.25, 0.3) is 5.91 Å². The van der Waals surface area contributed by atoms with Gasteiger partial charge < -0.3 is 14.8 Å². The SMILES string of the molecule is COc1ccc(C(NC(=O)c2ccc(OCc3cscn3)cc2)c2ccccc2)cc1. The molecule has 1 aromatic heterocycles. The number of benzene rings is 3. The molecule has 0 fully saturated rings. The maximum absolute atomic E-state index is 13.0. The van der Waals surface area contributed by atoms with Crippen molar-refractivity contribution in [3.8, 4) is 11.5 Å². The molecule has 3 aromatic carbocycles. The first-order valence-corrected chi connectivity index (χ1v) is 10.8. The predicted molar refractivity (Wildman–Crippen MR) is 122 cm³/mol. The first-order chi connectivity index (χ1) is 15.2. The van der Waals surface area contributed by atoms with Gasteiger partial charge in [0.15, 0.2) is 0 Å². The average Bonchev–Trinajstić information content (AvgIpc) is 3.36. The Balaban J connectivity index is 1.49. The van der Waals surface area contributed by atoms with Gasteiger partial charge >= 0.3 is 0 Å². The van der Waals surface area contributed by atoms with Gasteiger partial charge in [-0.2, -0.15) is 0 Å². The topological polar surface area (TPSA) is 60.5 Å². The maximum Gasteiger partial charge on any atom is 0.252 e. The Morgan fingerprint density at radius 2 is 1.61 bits per heavy atom. The van der Waals surface area contributed by atoms with Crippen LogP contribution in [0.25, 0.3) is 0 Å². The van der Waals surface area contributed by atoms with Gasteiger partial charge in [0.2, 0.25) is 0 Å². The van der Waals surface area contributed by atoms with Gasteiger partial charge in [-0.05, 0) is 47.5 Å². The van der Waals surface area contributed by atoms with E-state index >= 15 is 0 Å². The summed E-state index contributed by atoms with van der Waals surface area (Å²) in [5.41, 5.74) is 5.21. The van der Waals surface area contributed by atoms with E-state index in [9.17, 15) is 4.79 Å². The van der Waals surface area contributed by atoms with Gasteiger partial charge in [-0.1, -0.05) is 42.5 Å². The second kappa shape index (κ2) is 9.91. The summed E-state index contributed by atoms with van der Waals surface area (Å²) in [5.74, 6) is 1.31. The number of carbonyl (C=O) groups excluding carboxylic acids is 1. The molecule has 6 heteroatoms. The van der Waals surface area contributed by atoms with Crippen LogP contribution in [-0.2, 0) is 6.61 Å². The molecule has 4 aromatic rings. The van der Waals surface area contributed by atoms with Crippen LogP contribution in [0.3, 0.4) is 0 Å². The molecule has 0 radical (unpaired) electrons. The van der Waals surface area contributed by atoms with Crippen molar-refractivity contribution in [2.45, 2.75) is 12.6 Å². The van der Waals surface area contributed by atoms with E-state index in [4.69, 9.17) is 9.47 Å². The van der Waals surface area contributed by atoms with Crippen molar-refractivity contribution in [3.05, 3.63) is 112 Å². The Morgan fingerprint density at radius 3 is 2.26 bits per heavy atom. The zero-order chi connectivity index (χ0) is 21.5. The van der Waals surface area contributed by atoms with Crippen LogP contribution < -0.4 is 14.8 Å². The molecule has 31 heavy (non-hydrogen) atoms. The van der Waals surface area contributed by atoms with Crippen molar-refractivity contribution in [2.75, 3.05) is 7.11 Å². The summed E-state index contributed by atoms with van der Waals surface area (Å²) in [6.45, 7) is 0.405. The van der Waals surface area contributed by atoms with Crippen LogP contribution in [0.5, 0.6) is 11.5 Å². The summed E-state index contributed by atoms with van der Waals surface area (Å²) in [6, 6.07) is 24.5. The molecule has 1 atom stereocenters. The number of nitrogens with zero attached hydrogens (tertiary/aromatic N) is 1. The number of rotatable bonds is 8. The molecule has 0 saturated heterocycles. The van der Waals surface area contributed by atoms with Gasteiger partial charge in [-0.25, -0.2) is 4.98 Å². The molecule has 1 N–H and O–H groups in total. The fraction of sp³-hybridized carbons (Fsp3) is 0.120. The monoisotopic (exact) mass is 430 g/mol. The fourth-order valence-corrected chi connectivity index (χ4v) is 3.73. The molecule has 1 amide bonds. The van der Waals surface area contributed by atoms with Crippen molar-refractivity contribution < 1.29 is 14.3 Å². The minimum atomic E-state index is -0.278. The van der Waals surface area contributed by atoms with E-state index in [2.05, 4.69) is 10.3 Å². The van der Waals surface area contributed by atoms with Crippen molar-refractivity contribution in [1.82, 2.24) is 10.3 Å². The Morgan fingerprint density at radius 1 is 0.935 bits per heavy atom. The van der Waals surface area contributed by atoms with Crippen molar-refractivity contribution in [2.24, 2.45) is 0 Å². The average molecular weight is 431 g/mol. The molecule has 1 heterocycles. The molecule has 0 aliphatic carbocycles. The third-order valence-electron chi connectivity index (χ3n) is 4.84. The van der Waals surface area contributed by atoms with Crippen LogP contribution in [-0.4, -0.2) is 18.0 Å². The summed E-state index contributed by atoms with van der Waals surface area (Å²) < 4.78 is 11.0. The molecule has 0 bridgehead atoms. The summed E-state index contributed by atoms with van der Waals surface area (Å²) in [6.07, 6.45) is 0. The molecule has 0 saturated carbocycles. The third-order valence-corrected chi connectivity index (χ3v) is 5.48. The first kappa shape index (κ1) is 20.6.